The maximum Gasteiger partial charge on any atom is 0.256 e. The molecule has 1 saturated heterocycles. The molecule has 28 heavy (non-hydrogen) atoms. The zero-order valence-electron chi connectivity index (χ0n) is 15.4. The smallest absolute Gasteiger partial charge is 0.256 e. The fourth-order valence-electron chi connectivity index (χ4n) is 3.49. The van der Waals surface area contributed by atoms with Gasteiger partial charge in [-0.05, 0) is 61.7 Å². The van der Waals surface area contributed by atoms with Crippen LogP contribution in [0.5, 0.6) is 5.75 Å². The molecule has 5 nitrogen and oxygen atoms in total. The normalized spacial score (nSPS) is 17.2. The topological polar surface area (TPSA) is 57.4 Å². The lowest BCUT2D eigenvalue weighted by atomic mass is 9.74. The Bertz CT molecular complexity index is 937. The standard InChI is InChI=1S/C21H20F2N2O3/c1-14(27-18-7-5-16(22)6-8-18)19-24-25-20(28-19)21(9-11-26-12-10-21)15-3-2-4-17(23)13-15/h2-8,13-14H,9-12H2,1H3/t14-/m0/s1. The molecule has 0 bridgehead atoms. The van der Waals surface area contributed by atoms with Crippen LogP contribution in [0.3, 0.4) is 0 Å². The van der Waals surface area contributed by atoms with E-state index in [0.717, 1.165) is 5.56 Å². The van der Waals surface area contributed by atoms with Gasteiger partial charge in [0.25, 0.3) is 5.89 Å². The molecular weight excluding hydrogens is 366 g/mol. The molecule has 7 heteroatoms. The lowest BCUT2D eigenvalue weighted by Gasteiger charge is -2.34. The van der Waals surface area contributed by atoms with Gasteiger partial charge in [-0.1, -0.05) is 12.1 Å². The van der Waals surface area contributed by atoms with Crippen molar-refractivity contribution in [3.63, 3.8) is 0 Å². The lowest BCUT2D eigenvalue weighted by molar-refractivity contribution is 0.0529. The van der Waals surface area contributed by atoms with Crippen molar-refractivity contribution in [2.75, 3.05) is 13.2 Å². The van der Waals surface area contributed by atoms with Crippen molar-refractivity contribution in [2.24, 2.45) is 0 Å². The van der Waals surface area contributed by atoms with E-state index in [1.165, 1.54) is 36.4 Å². The summed E-state index contributed by atoms with van der Waals surface area (Å²) in [4.78, 5) is 0. The van der Waals surface area contributed by atoms with Crippen LogP contribution in [0.4, 0.5) is 8.78 Å². The van der Waals surface area contributed by atoms with Crippen LogP contribution >= 0.6 is 0 Å². The fraction of sp³-hybridized carbons (Fsp3) is 0.333. The maximum atomic E-state index is 13.9. The Kier molecular flexibility index (Phi) is 5.09. The second kappa shape index (κ2) is 7.67. The van der Waals surface area contributed by atoms with E-state index >= 15 is 0 Å². The minimum absolute atomic E-state index is 0.307. The highest BCUT2D eigenvalue weighted by Crippen LogP contribution is 2.41. The molecule has 2 aromatic carbocycles. The molecule has 1 aliphatic rings. The molecule has 146 valence electrons. The quantitative estimate of drug-likeness (QED) is 0.642. The number of aromatic nitrogens is 2. The minimum Gasteiger partial charge on any atom is -0.481 e. The molecule has 1 aromatic heterocycles. The maximum absolute atomic E-state index is 13.9. The predicted molar refractivity (Wildman–Crippen MR) is 97.0 cm³/mol. The van der Waals surface area contributed by atoms with Gasteiger partial charge in [0, 0.05) is 13.2 Å². The van der Waals surface area contributed by atoms with Crippen molar-refractivity contribution in [3.8, 4) is 5.75 Å². The van der Waals surface area contributed by atoms with Crippen molar-refractivity contribution < 1.29 is 22.7 Å². The third-order valence-corrected chi connectivity index (χ3v) is 5.05. The van der Waals surface area contributed by atoms with E-state index in [0.29, 0.717) is 43.6 Å². The molecule has 0 aliphatic carbocycles. The van der Waals surface area contributed by atoms with Crippen LogP contribution in [0.25, 0.3) is 0 Å². The zero-order chi connectivity index (χ0) is 19.6. The third kappa shape index (κ3) is 3.62. The molecule has 3 aromatic rings. The molecule has 1 fully saturated rings. The van der Waals surface area contributed by atoms with Crippen LogP contribution in [0.15, 0.2) is 52.9 Å². The molecule has 1 atom stereocenters. The molecule has 0 unspecified atom stereocenters. The van der Waals surface area contributed by atoms with Crippen LogP contribution in [-0.2, 0) is 10.2 Å². The Morgan fingerprint density at radius 1 is 1.00 bits per heavy atom. The number of rotatable bonds is 5. The van der Waals surface area contributed by atoms with Crippen LogP contribution in [0.2, 0.25) is 0 Å². The van der Waals surface area contributed by atoms with Crippen LogP contribution < -0.4 is 4.74 Å². The zero-order valence-corrected chi connectivity index (χ0v) is 15.4. The summed E-state index contributed by atoms with van der Waals surface area (Å²) in [5.74, 6) is 0.583. The first-order valence-electron chi connectivity index (χ1n) is 9.17. The Balaban J connectivity index is 1.62. The van der Waals surface area contributed by atoms with Gasteiger partial charge in [0.1, 0.15) is 17.4 Å². The Morgan fingerprint density at radius 3 is 2.46 bits per heavy atom. The molecular formula is C21H20F2N2O3. The summed E-state index contributed by atoms with van der Waals surface area (Å²) in [6.45, 7) is 2.82. The van der Waals surface area contributed by atoms with Gasteiger partial charge in [-0.15, -0.1) is 10.2 Å². The number of ether oxygens (including phenoxy) is 2. The highest BCUT2D eigenvalue weighted by Gasteiger charge is 2.42. The SMILES string of the molecule is C[C@H](Oc1ccc(F)cc1)c1nnc(C2(c3cccc(F)c3)CCOCC2)o1. The number of benzene rings is 2. The van der Waals surface area contributed by atoms with Gasteiger partial charge in [0.2, 0.25) is 5.89 Å². The van der Waals surface area contributed by atoms with E-state index < -0.39 is 11.5 Å². The summed E-state index contributed by atoms with van der Waals surface area (Å²) in [6.07, 6.45) is 0.715. The van der Waals surface area contributed by atoms with E-state index in [2.05, 4.69) is 10.2 Å². The molecule has 0 N–H and O–H groups in total. The highest BCUT2D eigenvalue weighted by molar-refractivity contribution is 5.33. The van der Waals surface area contributed by atoms with Crippen LogP contribution in [0, 0.1) is 11.6 Å². The van der Waals surface area contributed by atoms with Crippen LogP contribution in [0.1, 0.15) is 43.2 Å². The second-order valence-electron chi connectivity index (χ2n) is 6.86. The van der Waals surface area contributed by atoms with Gasteiger partial charge < -0.3 is 13.9 Å². The third-order valence-electron chi connectivity index (χ3n) is 5.05. The first kappa shape index (κ1) is 18.6. The summed E-state index contributed by atoms with van der Waals surface area (Å²) in [5, 5.41) is 8.41. The van der Waals surface area contributed by atoms with E-state index in [-0.39, 0.29) is 11.6 Å². The van der Waals surface area contributed by atoms with Gasteiger partial charge >= 0.3 is 0 Å². The molecule has 2 heterocycles. The van der Waals surface area contributed by atoms with E-state index in [4.69, 9.17) is 13.9 Å². The van der Waals surface area contributed by atoms with Gasteiger partial charge in [-0.25, -0.2) is 8.78 Å². The number of nitrogens with zero attached hydrogens (tertiary/aromatic N) is 2. The van der Waals surface area contributed by atoms with E-state index in [1.807, 2.05) is 6.07 Å². The molecule has 0 saturated carbocycles. The first-order chi connectivity index (χ1) is 13.6. The summed E-state index contributed by atoms with van der Waals surface area (Å²) in [5.41, 5.74) is 0.194. The van der Waals surface area contributed by atoms with Crippen molar-refractivity contribution in [1.82, 2.24) is 10.2 Å². The fourth-order valence-corrected chi connectivity index (χ4v) is 3.49. The molecule has 0 radical (unpaired) electrons. The van der Waals surface area contributed by atoms with E-state index in [1.54, 1.807) is 13.0 Å². The first-order valence-corrected chi connectivity index (χ1v) is 9.17. The highest BCUT2D eigenvalue weighted by atomic mass is 19.1. The van der Waals surface area contributed by atoms with Crippen LogP contribution in [-0.4, -0.2) is 23.4 Å². The number of hydrogen-bond acceptors (Lipinski definition) is 5. The number of hydrogen-bond donors (Lipinski definition) is 0. The molecule has 4 rings (SSSR count). The molecule has 1 aliphatic heterocycles. The van der Waals surface area contributed by atoms with Gasteiger partial charge in [-0.3, -0.25) is 0 Å². The lowest BCUT2D eigenvalue weighted by Crippen LogP contribution is -2.35. The Hall–Kier alpha value is -2.80. The summed E-state index contributed by atoms with van der Waals surface area (Å²) in [7, 11) is 0. The predicted octanol–water partition coefficient (Wildman–Crippen LogP) is 4.58. The van der Waals surface area contributed by atoms with Crippen molar-refractivity contribution in [1.29, 1.82) is 0 Å². The summed E-state index contributed by atoms with van der Waals surface area (Å²) in [6, 6.07) is 12.2. The van der Waals surface area contributed by atoms with Gasteiger partial charge in [0.05, 0.1) is 5.41 Å². The second-order valence-corrected chi connectivity index (χ2v) is 6.86. The van der Waals surface area contributed by atoms with E-state index in [9.17, 15) is 8.78 Å². The monoisotopic (exact) mass is 386 g/mol. The Labute approximate surface area is 161 Å². The summed E-state index contributed by atoms with van der Waals surface area (Å²) >= 11 is 0. The van der Waals surface area contributed by atoms with Crippen molar-refractivity contribution in [2.45, 2.75) is 31.3 Å². The van der Waals surface area contributed by atoms with Crippen molar-refractivity contribution >= 4 is 0 Å². The number of halogens is 2. The van der Waals surface area contributed by atoms with Crippen molar-refractivity contribution in [3.05, 3.63) is 77.5 Å². The largest absolute Gasteiger partial charge is 0.481 e. The van der Waals surface area contributed by atoms with Gasteiger partial charge in [-0.2, -0.15) is 0 Å². The average molecular weight is 386 g/mol. The summed E-state index contributed by atoms with van der Waals surface area (Å²) < 4.78 is 44.2. The molecule has 0 amide bonds. The average Bonchev–Trinajstić information content (AvgIpc) is 3.21. The minimum atomic E-state index is -0.596. The molecule has 0 spiro atoms. The van der Waals surface area contributed by atoms with Gasteiger partial charge in [0.15, 0.2) is 6.10 Å². The Morgan fingerprint density at radius 2 is 1.75 bits per heavy atom.